The Morgan fingerprint density at radius 3 is 2.26 bits per heavy atom. The van der Waals surface area contributed by atoms with Crippen molar-refractivity contribution in [3.8, 4) is 0 Å². The van der Waals surface area contributed by atoms with Crippen LogP contribution in [0.1, 0.15) is 31.2 Å². The van der Waals surface area contributed by atoms with E-state index in [1.807, 2.05) is 12.1 Å². The summed E-state index contributed by atoms with van der Waals surface area (Å²) in [5.41, 5.74) is 7.18. The maximum Gasteiger partial charge on any atom is 0.326 e. The molecule has 1 rings (SSSR count). The summed E-state index contributed by atoms with van der Waals surface area (Å²) < 4.78 is 0. The summed E-state index contributed by atoms with van der Waals surface area (Å²) in [5, 5.41) is 29.5. The number of carbonyl (C=O) groups excluding carboxylic acids is 2. The number of carbonyl (C=O) groups is 4. The standard InChI is InChI=1S/C17H23N3O7/c18-12-6-4-11(5-7-12)2-1-3-15(22)20(27)10-14(21)19-13(17(25)26)8-9-16(23)24/h4-7,13,27H,1-3,8-10,18H2,(H,19,21)(H,23,24)(H,25,26)/t13-/m0/s1. The van der Waals surface area contributed by atoms with Gasteiger partial charge in [-0.1, -0.05) is 12.1 Å². The number of nitrogens with zero attached hydrogens (tertiary/aromatic N) is 1. The minimum absolute atomic E-state index is 0.00443. The van der Waals surface area contributed by atoms with Gasteiger partial charge in [0.2, 0.25) is 11.8 Å². The number of nitrogens with two attached hydrogens (primary N) is 1. The zero-order chi connectivity index (χ0) is 20.4. The number of rotatable bonds is 11. The van der Waals surface area contributed by atoms with E-state index in [0.717, 1.165) is 5.56 Å². The highest BCUT2D eigenvalue weighted by Crippen LogP contribution is 2.09. The molecule has 27 heavy (non-hydrogen) atoms. The third-order valence-corrected chi connectivity index (χ3v) is 3.70. The number of nitrogens with one attached hydrogen (secondary N) is 1. The number of hydrogen-bond acceptors (Lipinski definition) is 6. The first-order chi connectivity index (χ1) is 12.7. The van der Waals surface area contributed by atoms with E-state index in [4.69, 9.17) is 15.9 Å². The zero-order valence-corrected chi connectivity index (χ0v) is 14.6. The molecule has 148 valence electrons. The van der Waals surface area contributed by atoms with E-state index < -0.39 is 42.8 Å². The summed E-state index contributed by atoms with van der Waals surface area (Å²) in [4.78, 5) is 45.1. The molecule has 10 nitrogen and oxygen atoms in total. The van der Waals surface area contributed by atoms with Crippen molar-refractivity contribution in [1.82, 2.24) is 10.4 Å². The Morgan fingerprint density at radius 2 is 1.70 bits per heavy atom. The minimum atomic E-state index is -1.41. The van der Waals surface area contributed by atoms with Crippen LogP contribution in [0.3, 0.4) is 0 Å². The summed E-state index contributed by atoms with van der Waals surface area (Å²) in [6.07, 6.45) is 0.275. The SMILES string of the molecule is Nc1ccc(CCCC(=O)N(O)CC(=O)N[C@@H](CCC(=O)O)C(=O)O)cc1. The van der Waals surface area contributed by atoms with E-state index in [9.17, 15) is 24.4 Å². The predicted octanol–water partition coefficient (Wildman–Crippen LogP) is 0.244. The average Bonchev–Trinajstić information content (AvgIpc) is 2.59. The molecule has 6 N–H and O–H groups in total. The number of aliphatic carboxylic acids is 2. The quantitative estimate of drug-likeness (QED) is 0.206. The molecule has 1 aromatic rings. The van der Waals surface area contributed by atoms with Crippen LogP contribution in [-0.4, -0.2) is 56.8 Å². The van der Waals surface area contributed by atoms with Crippen LogP contribution in [0.2, 0.25) is 0 Å². The first-order valence-electron chi connectivity index (χ1n) is 8.26. The average molecular weight is 381 g/mol. The smallest absolute Gasteiger partial charge is 0.326 e. The van der Waals surface area contributed by atoms with Gasteiger partial charge in [-0.2, -0.15) is 0 Å². The second kappa shape index (κ2) is 10.8. The monoisotopic (exact) mass is 381 g/mol. The van der Waals surface area contributed by atoms with Crippen LogP contribution in [0.25, 0.3) is 0 Å². The Kier molecular flexibility index (Phi) is 8.73. The van der Waals surface area contributed by atoms with Crippen LogP contribution < -0.4 is 11.1 Å². The van der Waals surface area contributed by atoms with Crippen molar-refractivity contribution in [2.24, 2.45) is 0 Å². The normalized spacial score (nSPS) is 11.4. The molecule has 0 unspecified atom stereocenters. The van der Waals surface area contributed by atoms with Crippen molar-refractivity contribution < 1.29 is 34.6 Å². The summed E-state index contributed by atoms with van der Waals surface area (Å²) in [7, 11) is 0. The highest BCUT2D eigenvalue weighted by molar-refractivity contribution is 5.87. The number of carboxylic acids is 2. The van der Waals surface area contributed by atoms with Gasteiger partial charge in [-0.25, -0.2) is 9.86 Å². The third-order valence-electron chi connectivity index (χ3n) is 3.70. The first kappa shape index (κ1) is 21.9. The fourth-order valence-electron chi connectivity index (χ4n) is 2.25. The summed E-state index contributed by atoms with van der Waals surface area (Å²) in [6.45, 7) is -0.739. The second-order valence-corrected chi connectivity index (χ2v) is 5.94. The van der Waals surface area contributed by atoms with E-state index in [2.05, 4.69) is 5.32 Å². The molecule has 0 aliphatic rings. The molecule has 0 aliphatic heterocycles. The molecule has 1 aromatic carbocycles. The Balaban J connectivity index is 2.39. The summed E-state index contributed by atoms with van der Waals surface area (Å²) >= 11 is 0. The predicted molar refractivity (Wildman–Crippen MR) is 93.7 cm³/mol. The number of carboxylic acid groups (broad SMARTS) is 2. The molecule has 0 bridgehead atoms. The Bertz CT molecular complexity index is 676. The number of hydroxylamine groups is 2. The van der Waals surface area contributed by atoms with Crippen molar-refractivity contribution in [1.29, 1.82) is 0 Å². The van der Waals surface area contributed by atoms with E-state index in [1.165, 1.54) is 0 Å². The molecule has 2 amide bonds. The lowest BCUT2D eigenvalue weighted by Crippen LogP contribution is -2.46. The molecule has 10 heteroatoms. The maximum atomic E-state index is 11.8. The van der Waals surface area contributed by atoms with Gasteiger partial charge in [-0.15, -0.1) is 0 Å². The van der Waals surface area contributed by atoms with E-state index in [-0.39, 0.29) is 17.9 Å². The minimum Gasteiger partial charge on any atom is -0.481 e. The van der Waals surface area contributed by atoms with Gasteiger partial charge in [0.15, 0.2) is 0 Å². The van der Waals surface area contributed by atoms with Gasteiger partial charge in [-0.3, -0.25) is 19.6 Å². The number of benzene rings is 1. The number of amides is 2. The molecule has 0 heterocycles. The molecule has 0 saturated heterocycles. The Labute approximate surface area is 155 Å². The van der Waals surface area contributed by atoms with Crippen LogP contribution in [0.4, 0.5) is 5.69 Å². The molecule has 0 saturated carbocycles. The third kappa shape index (κ3) is 8.68. The summed E-state index contributed by atoms with van der Waals surface area (Å²) in [6, 6.07) is 5.72. The van der Waals surface area contributed by atoms with Crippen molar-refractivity contribution >= 4 is 29.4 Å². The van der Waals surface area contributed by atoms with Crippen molar-refractivity contribution in [2.75, 3.05) is 12.3 Å². The van der Waals surface area contributed by atoms with E-state index in [1.54, 1.807) is 12.1 Å². The highest BCUT2D eigenvalue weighted by Gasteiger charge is 2.23. The maximum absolute atomic E-state index is 11.8. The molecule has 0 radical (unpaired) electrons. The Hall–Kier alpha value is -3.14. The van der Waals surface area contributed by atoms with Crippen molar-refractivity contribution in [2.45, 2.75) is 38.1 Å². The lowest BCUT2D eigenvalue weighted by molar-refractivity contribution is -0.169. The molecule has 0 fully saturated rings. The number of nitrogen functional groups attached to an aromatic ring is 1. The van der Waals surface area contributed by atoms with Crippen molar-refractivity contribution in [3.63, 3.8) is 0 Å². The number of anilines is 1. The lowest BCUT2D eigenvalue weighted by Gasteiger charge is -2.17. The van der Waals surface area contributed by atoms with Crippen LogP contribution in [-0.2, 0) is 25.6 Å². The van der Waals surface area contributed by atoms with Gasteiger partial charge in [-0.05, 0) is 37.0 Å². The molecule has 0 spiro atoms. The van der Waals surface area contributed by atoms with Crippen LogP contribution in [0, 0.1) is 0 Å². The molecule has 1 atom stereocenters. The van der Waals surface area contributed by atoms with Crippen LogP contribution in [0.15, 0.2) is 24.3 Å². The van der Waals surface area contributed by atoms with Crippen molar-refractivity contribution in [3.05, 3.63) is 29.8 Å². The fourth-order valence-corrected chi connectivity index (χ4v) is 2.25. The zero-order valence-electron chi connectivity index (χ0n) is 14.6. The molecular weight excluding hydrogens is 358 g/mol. The fraction of sp³-hybridized carbons (Fsp3) is 0.412. The van der Waals surface area contributed by atoms with E-state index >= 15 is 0 Å². The number of aryl methyl sites for hydroxylation is 1. The number of hydrogen-bond donors (Lipinski definition) is 5. The molecular formula is C17H23N3O7. The lowest BCUT2D eigenvalue weighted by atomic mass is 10.1. The van der Waals surface area contributed by atoms with Gasteiger partial charge in [0.05, 0.1) is 0 Å². The van der Waals surface area contributed by atoms with Crippen LogP contribution in [0.5, 0.6) is 0 Å². The van der Waals surface area contributed by atoms with Gasteiger partial charge < -0.3 is 21.3 Å². The first-order valence-corrected chi connectivity index (χ1v) is 8.26. The van der Waals surface area contributed by atoms with Gasteiger partial charge in [0, 0.05) is 18.5 Å². The van der Waals surface area contributed by atoms with Crippen LogP contribution >= 0.6 is 0 Å². The van der Waals surface area contributed by atoms with Gasteiger partial charge in [0.25, 0.3) is 0 Å². The highest BCUT2D eigenvalue weighted by atomic mass is 16.5. The van der Waals surface area contributed by atoms with Gasteiger partial charge >= 0.3 is 11.9 Å². The largest absolute Gasteiger partial charge is 0.481 e. The Morgan fingerprint density at radius 1 is 1.07 bits per heavy atom. The molecule has 0 aromatic heterocycles. The molecule has 0 aliphatic carbocycles. The second-order valence-electron chi connectivity index (χ2n) is 5.94. The topological polar surface area (TPSA) is 170 Å². The summed E-state index contributed by atoms with van der Waals surface area (Å²) in [5.74, 6) is -4.18. The van der Waals surface area contributed by atoms with E-state index in [0.29, 0.717) is 18.5 Å². The van der Waals surface area contributed by atoms with Gasteiger partial charge in [0.1, 0.15) is 12.6 Å².